The lowest BCUT2D eigenvalue weighted by Crippen LogP contribution is -2.35. The minimum atomic E-state index is -0.117. The number of nitrogens with zero attached hydrogens (tertiary/aromatic N) is 3. The predicted molar refractivity (Wildman–Crippen MR) is 117 cm³/mol. The molecule has 3 rings (SSSR count). The average Bonchev–Trinajstić information content (AvgIpc) is 2.83. The molecule has 2 aromatic rings. The van der Waals surface area contributed by atoms with E-state index in [0.29, 0.717) is 24.6 Å². The number of benzene rings is 1. The van der Waals surface area contributed by atoms with Crippen molar-refractivity contribution in [2.75, 3.05) is 26.4 Å². The number of hydrogen-bond acceptors (Lipinski definition) is 7. The van der Waals surface area contributed by atoms with E-state index in [1.807, 2.05) is 38.1 Å². The van der Waals surface area contributed by atoms with Gasteiger partial charge < -0.3 is 19.6 Å². The molecule has 1 aliphatic heterocycles. The Bertz CT molecular complexity index is 847. The summed E-state index contributed by atoms with van der Waals surface area (Å²) in [6, 6.07) is 7.64. The lowest BCUT2D eigenvalue weighted by atomic mass is 10.0. The molecular formula is C23H30N4O4. The van der Waals surface area contributed by atoms with Crippen molar-refractivity contribution in [1.82, 2.24) is 15.3 Å². The molecule has 1 N–H and O–H groups in total. The van der Waals surface area contributed by atoms with E-state index in [2.05, 4.69) is 20.4 Å². The van der Waals surface area contributed by atoms with Gasteiger partial charge in [-0.15, -0.1) is 0 Å². The Balaban J connectivity index is 1.47. The summed E-state index contributed by atoms with van der Waals surface area (Å²) < 4.78 is 10.9. The van der Waals surface area contributed by atoms with Crippen LogP contribution in [0, 0.1) is 5.92 Å². The van der Waals surface area contributed by atoms with Crippen LogP contribution in [-0.4, -0.2) is 48.0 Å². The molecule has 0 atom stereocenters. The Labute approximate surface area is 183 Å². The van der Waals surface area contributed by atoms with Crippen molar-refractivity contribution in [2.45, 2.75) is 39.5 Å². The van der Waals surface area contributed by atoms with Crippen molar-refractivity contribution in [2.24, 2.45) is 11.1 Å². The summed E-state index contributed by atoms with van der Waals surface area (Å²) >= 11 is 0. The van der Waals surface area contributed by atoms with Gasteiger partial charge in [-0.2, -0.15) is 0 Å². The summed E-state index contributed by atoms with van der Waals surface area (Å²) in [5.41, 5.74) is 2.72. The first kappa shape index (κ1) is 22.7. The Morgan fingerprint density at radius 1 is 1.16 bits per heavy atom. The molecule has 0 radical (unpaired) electrons. The fourth-order valence-electron chi connectivity index (χ4n) is 3.14. The third-order valence-corrected chi connectivity index (χ3v) is 5.15. The summed E-state index contributed by atoms with van der Waals surface area (Å²) in [7, 11) is 0. The van der Waals surface area contributed by atoms with Gasteiger partial charge in [0.15, 0.2) is 6.61 Å². The van der Waals surface area contributed by atoms with Crippen LogP contribution in [-0.2, 0) is 16.0 Å². The minimum Gasteiger partial charge on any atom is -0.484 e. The van der Waals surface area contributed by atoms with E-state index in [4.69, 9.17) is 14.3 Å². The molecule has 2 heterocycles. The number of aromatic nitrogens is 2. The van der Waals surface area contributed by atoms with Gasteiger partial charge in [-0.25, -0.2) is 9.97 Å². The van der Waals surface area contributed by atoms with E-state index < -0.39 is 0 Å². The zero-order chi connectivity index (χ0) is 21.9. The van der Waals surface area contributed by atoms with E-state index in [0.717, 1.165) is 49.3 Å². The third kappa shape index (κ3) is 7.32. The highest BCUT2D eigenvalue weighted by molar-refractivity contribution is 6.00. The van der Waals surface area contributed by atoms with Crippen LogP contribution >= 0.6 is 0 Å². The first-order chi connectivity index (χ1) is 15.2. The molecule has 166 valence electrons. The molecule has 0 bridgehead atoms. The van der Waals surface area contributed by atoms with E-state index in [1.165, 1.54) is 0 Å². The summed E-state index contributed by atoms with van der Waals surface area (Å²) in [6.45, 7) is 6.25. The van der Waals surface area contributed by atoms with Crippen molar-refractivity contribution < 1.29 is 19.1 Å². The first-order valence-corrected chi connectivity index (χ1v) is 10.8. The van der Waals surface area contributed by atoms with Crippen LogP contribution in [0.15, 0.2) is 41.8 Å². The van der Waals surface area contributed by atoms with E-state index >= 15 is 0 Å². The van der Waals surface area contributed by atoms with Crippen molar-refractivity contribution in [3.05, 3.63) is 47.8 Å². The Morgan fingerprint density at radius 2 is 1.87 bits per heavy atom. The van der Waals surface area contributed by atoms with Crippen molar-refractivity contribution in [3.8, 4) is 11.8 Å². The lowest BCUT2D eigenvalue weighted by molar-refractivity contribution is -0.123. The van der Waals surface area contributed by atoms with Crippen LogP contribution in [0.3, 0.4) is 0 Å². The summed E-state index contributed by atoms with van der Waals surface area (Å²) in [4.78, 5) is 25.7. The fourth-order valence-corrected chi connectivity index (χ4v) is 3.14. The smallest absolute Gasteiger partial charge is 0.345 e. The second kappa shape index (κ2) is 12.0. The molecule has 0 unspecified atom stereocenters. The number of carbonyl (C=O) groups excluding carboxylic acids is 1. The average molecular weight is 427 g/mol. The van der Waals surface area contributed by atoms with Crippen LogP contribution in [0.25, 0.3) is 0 Å². The fraction of sp³-hybridized carbons (Fsp3) is 0.478. The molecule has 1 fully saturated rings. The van der Waals surface area contributed by atoms with Crippen LogP contribution in [0.2, 0.25) is 0 Å². The zero-order valence-corrected chi connectivity index (χ0v) is 18.2. The quantitative estimate of drug-likeness (QED) is 0.463. The summed E-state index contributed by atoms with van der Waals surface area (Å²) in [5, 5.41) is 7.12. The van der Waals surface area contributed by atoms with Crippen molar-refractivity contribution >= 4 is 11.6 Å². The number of oxime groups is 1. The maximum absolute atomic E-state index is 12.0. The third-order valence-electron chi connectivity index (χ3n) is 5.15. The second-order valence-electron chi connectivity index (χ2n) is 7.38. The maximum atomic E-state index is 12.0. The molecule has 31 heavy (non-hydrogen) atoms. The standard InChI is InChI=1S/C23H30N4O4/c1-3-17-13-25-23(26-14-17)31-27-21(4-2)19-5-7-20(8-6-19)30-16-22(28)24-15-18-9-11-29-12-10-18/h5-8,13-14,18H,3-4,9-12,15-16H2,1-2H3,(H,24,28)/b27-21+. The van der Waals surface area contributed by atoms with Crippen molar-refractivity contribution in [3.63, 3.8) is 0 Å². The summed E-state index contributed by atoms with van der Waals surface area (Å²) in [5.74, 6) is 0.995. The molecular weight excluding hydrogens is 396 g/mol. The highest BCUT2D eigenvalue weighted by Gasteiger charge is 2.14. The number of carbonyl (C=O) groups is 1. The van der Waals surface area contributed by atoms with Crippen LogP contribution in [0.4, 0.5) is 0 Å². The van der Waals surface area contributed by atoms with E-state index in [1.54, 1.807) is 12.4 Å². The van der Waals surface area contributed by atoms with Gasteiger partial charge in [-0.1, -0.05) is 19.0 Å². The topological polar surface area (TPSA) is 94.9 Å². The number of hydrogen-bond donors (Lipinski definition) is 1. The Kier molecular flexibility index (Phi) is 8.78. The van der Waals surface area contributed by atoms with Crippen LogP contribution in [0.5, 0.6) is 11.8 Å². The largest absolute Gasteiger partial charge is 0.484 e. The van der Waals surface area contributed by atoms with Gasteiger partial charge in [0, 0.05) is 32.2 Å². The van der Waals surface area contributed by atoms with Gasteiger partial charge in [0.05, 0.1) is 5.71 Å². The first-order valence-electron chi connectivity index (χ1n) is 10.8. The van der Waals surface area contributed by atoms with Gasteiger partial charge in [-0.05, 0) is 67.0 Å². The van der Waals surface area contributed by atoms with Crippen LogP contribution in [0.1, 0.15) is 44.2 Å². The summed E-state index contributed by atoms with van der Waals surface area (Å²) in [6.07, 6.45) is 7.00. The minimum absolute atomic E-state index is 0.00844. The molecule has 0 saturated carbocycles. The molecule has 1 aromatic carbocycles. The molecule has 8 nitrogen and oxygen atoms in total. The molecule has 8 heteroatoms. The van der Waals surface area contributed by atoms with E-state index in [-0.39, 0.29) is 18.5 Å². The Hall–Kier alpha value is -3.00. The van der Waals surface area contributed by atoms with E-state index in [9.17, 15) is 4.79 Å². The van der Waals surface area contributed by atoms with Gasteiger partial charge >= 0.3 is 6.01 Å². The Morgan fingerprint density at radius 3 is 2.52 bits per heavy atom. The maximum Gasteiger partial charge on any atom is 0.345 e. The van der Waals surface area contributed by atoms with Gasteiger partial charge in [0.25, 0.3) is 5.91 Å². The molecule has 1 amide bonds. The number of ether oxygens (including phenoxy) is 2. The zero-order valence-electron chi connectivity index (χ0n) is 18.2. The molecule has 1 aliphatic rings. The molecule has 1 saturated heterocycles. The highest BCUT2D eigenvalue weighted by atomic mass is 16.6. The van der Waals surface area contributed by atoms with Crippen LogP contribution < -0.4 is 14.9 Å². The lowest BCUT2D eigenvalue weighted by Gasteiger charge is -2.22. The monoisotopic (exact) mass is 426 g/mol. The molecule has 0 spiro atoms. The normalized spacial score (nSPS) is 14.8. The number of rotatable bonds is 10. The highest BCUT2D eigenvalue weighted by Crippen LogP contribution is 2.15. The SMILES string of the molecule is CC/C(=N\Oc1ncc(CC)cn1)c1ccc(OCC(=O)NCC2CCOCC2)cc1. The number of aryl methyl sites for hydroxylation is 1. The van der Waals surface area contributed by atoms with Gasteiger partial charge in [0.2, 0.25) is 0 Å². The number of nitrogens with one attached hydrogen (secondary N) is 1. The van der Waals surface area contributed by atoms with Gasteiger partial charge in [0.1, 0.15) is 5.75 Å². The van der Waals surface area contributed by atoms with Crippen molar-refractivity contribution in [1.29, 1.82) is 0 Å². The predicted octanol–water partition coefficient (Wildman–Crippen LogP) is 3.15. The van der Waals surface area contributed by atoms with Gasteiger partial charge in [-0.3, -0.25) is 4.79 Å². The molecule has 0 aliphatic carbocycles. The second-order valence-corrected chi connectivity index (χ2v) is 7.38. The number of amides is 1. The molecule has 1 aromatic heterocycles.